The van der Waals surface area contributed by atoms with E-state index in [1.165, 1.54) is 64.2 Å². The van der Waals surface area contributed by atoms with Crippen LogP contribution in [0, 0.1) is 0 Å². The van der Waals surface area contributed by atoms with Gasteiger partial charge in [-0.05, 0) is 39.5 Å². The molecule has 2 N–H and O–H groups in total. The van der Waals surface area contributed by atoms with Crippen molar-refractivity contribution in [1.82, 2.24) is 15.0 Å². The average molecular weight is 347 g/mol. The number of rotatable bonds is 5. The molecule has 1 saturated carbocycles. The number of nitrogens with one attached hydrogen (secondary N) is 2. The Morgan fingerprint density at radius 3 is 2.08 bits per heavy atom. The minimum atomic E-state index is 0.310. The van der Waals surface area contributed by atoms with Crippen LogP contribution in [0.25, 0.3) is 0 Å². The van der Waals surface area contributed by atoms with Gasteiger partial charge < -0.3 is 15.5 Å². The lowest BCUT2D eigenvalue weighted by Crippen LogP contribution is -2.30. The van der Waals surface area contributed by atoms with Crippen LogP contribution in [-0.2, 0) is 0 Å². The molecule has 0 bridgehead atoms. The van der Waals surface area contributed by atoms with Crippen LogP contribution in [0.1, 0.15) is 78.1 Å². The van der Waals surface area contributed by atoms with Gasteiger partial charge in [-0.15, -0.1) is 0 Å². The van der Waals surface area contributed by atoms with E-state index in [1.54, 1.807) is 0 Å². The molecule has 0 radical (unpaired) electrons. The van der Waals surface area contributed by atoms with Crippen LogP contribution in [0.5, 0.6) is 0 Å². The Bertz CT molecular complexity index is 519. The molecule has 140 valence electrons. The van der Waals surface area contributed by atoms with Crippen LogP contribution in [-0.4, -0.2) is 40.1 Å². The molecule has 1 saturated heterocycles. The Morgan fingerprint density at radius 2 is 1.40 bits per heavy atom. The fourth-order valence-electron chi connectivity index (χ4n) is 3.77. The summed E-state index contributed by atoms with van der Waals surface area (Å²) in [5.41, 5.74) is 0. The number of aromatic nitrogens is 3. The van der Waals surface area contributed by atoms with Gasteiger partial charge in [-0.25, -0.2) is 0 Å². The summed E-state index contributed by atoms with van der Waals surface area (Å²) in [6, 6.07) is 0.813. The van der Waals surface area contributed by atoms with Gasteiger partial charge in [0, 0.05) is 25.2 Å². The molecular weight excluding hydrogens is 312 g/mol. The van der Waals surface area contributed by atoms with Gasteiger partial charge in [0.15, 0.2) is 0 Å². The third-order valence-electron chi connectivity index (χ3n) is 5.12. The summed E-state index contributed by atoms with van der Waals surface area (Å²) < 4.78 is 0. The second kappa shape index (κ2) is 9.20. The summed E-state index contributed by atoms with van der Waals surface area (Å²) in [4.78, 5) is 16.5. The van der Waals surface area contributed by atoms with Gasteiger partial charge in [0.1, 0.15) is 0 Å². The van der Waals surface area contributed by atoms with Crippen molar-refractivity contribution >= 4 is 17.8 Å². The molecule has 0 aromatic carbocycles. The molecule has 1 aromatic heterocycles. The van der Waals surface area contributed by atoms with Gasteiger partial charge in [0.2, 0.25) is 17.8 Å². The maximum absolute atomic E-state index is 4.78. The second-order valence-electron chi connectivity index (χ2n) is 7.82. The van der Waals surface area contributed by atoms with E-state index in [4.69, 9.17) is 9.97 Å². The van der Waals surface area contributed by atoms with E-state index in [-0.39, 0.29) is 0 Å². The SMILES string of the molecule is CC(C)Nc1nc(NC2CCCCC2)nc(N2CCCCCCC2)n1. The molecule has 6 nitrogen and oxygen atoms in total. The van der Waals surface area contributed by atoms with Gasteiger partial charge in [-0.1, -0.05) is 38.5 Å². The zero-order valence-corrected chi connectivity index (χ0v) is 15.9. The maximum Gasteiger partial charge on any atom is 0.231 e. The molecule has 0 unspecified atom stereocenters. The van der Waals surface area contributed by atoms with Crippen LogP contribution < -0.4 is 15.5 Å². The van der Waals surface area contributed by atoms with Crippen molar-refractivity contribution in [3.05, 3.63) is 0 Å². The number of hydrogen-bond donors (Lipinski definition) is 2. The highest BCUT2D eigenvalue weighted by Crippen LogP contribution is 2.23. The highest BCUT2D eigenvalue weighted by Gasteiger charge is 2.18. The molecule has 2 fully saturated rings. The van der Waals surface area contributed by atoms with Crippen molar-refractivity contribution in [3.63, 3.8) is 0 Å². The van der Waals surface area contributed by atoms with Crippen LogP contribution in [0.2, 0.25) is 0 Å². The largest absolute Gasteiger partial charge is 0.352 e. The lowest BCUT2D eigenvalue weighted by Gasteiger charge is -2.27. The van der Waals surface area contributed by atoms with E-state index in [2.05, 4.69) is 34.4 Å². The fourth-order valence-corrected chi connectivity index (χ4v) is 3.77. The van der Waals surface area contributed by atoms with Gasteiger partial charge in [-0.2, -0.15) is 15.0 Å². The van der Waals surface area contributed by atoms with Gasteiger partial charge in [0.25, 0.3) is 0 Å². The highest BCUT2D eigenvalue weighted by molar-refractivity contribution is 5.44. The first-order valence-corrected chi connectivity index (χ1v) is 10.2. The lowest BCUT2D eigenvalue weighted by atomic mass is 9.96. The summed E-state index contributed by atoms with van der Waals surface area (Å²) in [5, 5.41) is 6.93. The smallest absolute Gasteiger partial charge is 0.231 e. The van der Waals surface area contributed by atoms with E-state index in [0.29, 0.717) is 18.0 Å². The predicted molar refractivity (Wildman–Crippen MR) is 104 cm³/mol. The monoisotopic (exact) mass is 346 g/mol. The van der Waals surface area contributed by atoms with Crippen molar-refractivity contribution in [2.75, 3.05) is 28.6 Å². The van der Waals surface area contributed by atoms with Crippen molar-refractivity contribution in [3.8, 4) is 0 Å². The van der Waals surface area contributed by atoms with Crippen molar-refractivity contribution in [2.45, 2.75) is 90.1 Å². The molecule has 1 aliphatic carbocycles. The molecule has 2 aliphatic rings. The summed E-state index contributed by atoms with van der Waals surface area (Å²) in [5.74, 6) is 2.26. The summed E-state index contributed by atoms with van der Waals surface area (Å²) in [7, 11) is 0. The Hall–Kier alpha value is -1.59. The molecule has 1 aliphatic heterocycles. The van der Waals surface area contributed by atoms with E-state index in [0.717, 1.165) is 25.0 Å². The van der Waals surface area contributed by atoms with Gasteiger partial charge in [-0.3, -0.25) is 0 Å². The number of nitrogens with zero attached hydrogens (tertiary/aromatic N) is 4. The Morgan fingerprint density at radius 1 is 0.800 bits per heavy atom. The third kappa shape index (κ3) is 5.72. The van der Waals surface area contributed by atoms with Crippen LogP contribution in [0.4, 0.5) is 17.8 Å². The van der Waals surface area contributed by atoms with E-state index < -0.39 is 0 Å². The van der Waals surface area contributed by atoms with Crippen LogP contribution in [0.15, 0.2) is 0 Å². The van der Waals surface area contributed by atoms with E-state index in [1.807, 2.05) is 0 Å². The standard InChI is InChI=1S/C19H34N6/c1-15(2)20-17-22-18(21-16-11-7-6-8-12-16)24-19(23-17)25-13-9-4-3-5-10-14-25/h15-16H,3-14H2,1-2H3,(H2,20,21,22,23,24). The topological polar surface area (TPSA) is 66.0 Å². The zero-order valence-electron chi connectivity index (χ0n) is 15.9. The summed E-state index contributed by atoms with van der Waals surface area (Å²) in [6.07, 6.45) is 12.8. The first-order chi connectivity index (χ1) is 12.2. The van der Waals surface area contributed by atoms with Gasteiger partial charge in [0.05, 0.1) is 0 Å². The minimum absolute atomic E-state index is 0.310. The van der Waals surface area contributed by atoms with Crippen molar-refractivity contribution < 1.29 is 0 Å². The molecule has 3 rings (SSSR count). The average Bonchev–Trinajstić information content (AvgIpc) is 2.54. The fraction of sp³-hybridized carbons (Fsp3) is 0.842. The predicted octanol–water partition coefficient (Wildman–Crippen LogP) is 4.21. The molecule has 6 heteroatoms. The van der Waals surface area contributed by atoms with E-state index >= 15 is 0 Å². The molecule has 2 heterocycles. The van der Waals surface area contributed by atoms with Crippen molar-refractivity contribution in [1.29, 1.82) is 0 Å². The second-order valence-corrected chi connectivity index (χ2v) is 7.82. The number of hydrogen-bond acceptors (Lipinski definition) is 6. The quantitative estimate of drug-likeness (QED) is 0.833. The molecule has 0 atom stereocenters. The molecule has 25 heavy (non-hydrogen) atoms. The first kappa shape index (κ1) is 18.2. The highest BCUT2D eigenvalue weighted by atomic mass is 15.3. The maximum atomic E-state index is 4.78. The van der Waals surface area contributed by atoms with Crippen LogP contribution >= 0.6 is 0 Å². The van der Waals surface area contributed by atoms with Gasteiger partial charge >= 0.3 is 0 Å². The number of anilines is 3. The Balaban J connectivity index is 1.78. The summed E-state index contributed by atoms with van der Waals surface area (Å²) in [6.45, 7) is 6.34. The van der Waals surface area contributed by atoms with E-state index in [9.17, 15) is 0 Å². The normalized spacial score (nSPS) is 20.2. The zero-order chi connectivity index (χ0) is 17.5. The summed E-state index contributed by atoms with van der Waals surface area (Å²) >= 11 is 0. The molecule has 1 aromatic rings. The molecule has 0 amide bonds. The third-order valence-corrected chi connectivity index (χ3v) is 5.12. The van der Waals surface area contributed by atoms with Crippen LogP contribution in [0.3, 0.4) is 0 Å². The van der Waals surface area contributed by atoms with Crippen molar-refractivity contribution in [2.24, 2.45) is 0 Å². The first-order valence-electron chi connectivity index (χ1n) is 10.2. The molecule has 0 spiro atoms. The Labute approximate surface area is 152 Å². The lowest BCUT2D eigenvalue weighted by molar-refractivity contribution is 0.460. The Kier molecular flexibility index (Phi) is 6.70. The molecular formula is C19H34N6. The minimum Gasteiger partial charge on any atom is -0.352 e.